The van der Waals surface area contributed by atoms with E-state index in [-0.39, 0.29) is 17.4 Å². The molecular formula is C30H61NO2S. The van der Waals surface area contributed by atoms with Crippen LogP contribution in [0.15, 0.2) is 61.3 Å². The Morgan fingerprint density at radius 2 is 1.26 bits per heavy atom. The lowest BCUT2D eigenvalue weighted by Gasteiger charge is -2.40. The fourth-order valence-corrected chi connectivity index (χ4v) is 2.93. The van der Waals surface area contributed by atoms with Gasteiger partial charge in [0.2, 0.25) is 0 Å². The molecule has 0 bridgehead atoms. The number of allylic oxidation sites excluding steroid dienone is 4. The summed E-state index contributed by atoms with van der Waals surface area (Å²) in [6.07, 6.45) is 13.2. The van der Waals surface area contributed by atoms with Crippen molar-refractivity contribution in [1.82, 2.24) is 5.32 Å². The monoisotopic (exact) mass is 499 g/mol. The average molecular weight is 500 g/mol. The summed E-state index contributed by atoms with van der Waals surface area (Å²) in [5, 5.41) is 12.8. The minimum Gasteiger partial charge on any atom is -0.393 e. The Bertz CT molecular complexity index is 500. The number of thiol groups is 1. The van der Waals surface area contributed by atoms with Crippen LogP contribution in [0, 0.1) is 5.41 Å². The molecular weight excluding hydrogens is 438 g/mol. The number of hydrogen-bond acceptors (Lipinski definition) is 3. The molecule has 0 spiro atoms. The molecule has 0 aromatic rings. The third-order valence-corrected chi connectivity index (χ3v) is 4.48. The molecule has 0 radical (unpaired) electrons. The molecule has 1 fully saturated rings. The predicted octanol–water partition coefficient (Wildman–Crippen LogP) is 9.13. The number of carbonyl (C=O) groups is 1. The highest BCUT2D eigenvalue weighted by Gasteiger charge is 2.36. The van der Waals surface area contributed by atoms with Crippen molar-refractivity contribution in [3.05, 3.63) is 61.3 Å². The maximum atomic E-state index is 12.2. The Labute approximate surface area is 221 Å². The molecule has 4 heteroatoms. The van der Waals surface area contributed by atoms with Gasteiger partial charge >= 0.3 is 0 Å². The van der Waals surface area contributed by atoms with Crippen LogP contribution in [0.1, 0.15) is 102 Å². The molecule has 1 aliphatic carbocycles. The first-order valence-electron chi connectivity index (χ1n) is 13.1. The first-order valence-corrected chi connectivity index (χ1v) is 14.0. The van der Waals surface area contributed by atoms with E-state index in [2.05, 4.69) is 44.6 Å². The molecule has 1 aliphatic rings. The predicted molar refractivity (Wildman–Crippen MR) is 164 cm³/mol. The van der Waals surface area contributed by atoms with E-state index in [0.29, 0.717) is 12.1 Å². The lowest BCUT2D eigenvalue weighted by molar-refractivity contribution is -0.117. The summed E-state index contributed by atoms with van der Waals surface area (Å²) in [6.45, 7) is 33.6. The summed E-state index contributed by atoms with van der Waals surface area (Å²) in [7, 11) is 0. The van der Waals surface area contributed by atoms with Crippen LogP contribution in [0.2, 0.25) is 0 Å². The van der Waals surface area contributed by atoms with Gasteiger partial charge in [-0.15, -0.1) is 0 Å². The molecule has 0 aliphatic heterocycles. The first kappa shape index (κ1) is 45.9. The maximum absolute atomic E-state index is 12.2. The highest BCUT2D eigenvalue weighted by Crippen LogP contribution is 2.42. The topological polar surface area (TPSA) is 49.3 Å². The quantitative estimate of drug-likeness (QED) is 0.186. The lowest BCUT2D eigenvalue weighted by Crippen LogP contribution is -2.42. The SMILES string of the molecule is C=C/C=C(\C=C)C(=O)NCC1(/C(C)=C/C=C)CCC(O)CC1.CC.CC.CC.CC.CC.CS. The van der Waals surface area contributed by atoms with Gasteiger partial charge in [-0.25, -0.2) is 0 Å². The Kier molecular flexibility index (Phi) is 52.3. The van der Waals surface area contributed by atoms with E-state index in [4.69, 9.17) is 0 Å². The Balaban J connectivity index is -0.000000141. The molecule has 1 amide bonds. The molecule has 0 atom stereocenters. The Hall–Kier alpha value is -1.52. The number of aliphatic hydroxyl groups is 1. The standard InChI is InChI=1S/C19H27NO2.5C2H6.CH4S/c1-5-8-15(4)19(12-10-17(21)11-13-19)14-20-18(22)16(7-3)9-6-2;6*1-2/h5-9,17,21H,1-3,10-14H2,4H3,(H,20,22);5*1-2H3;2H,1H3/b15-8+,16-9+;;;;;;. The van der Waals surface area contributed by atoms with Crippen LogP contribution in [-0.2, 0) is 4.79 Å². The second-order valence-corrected chi connectivity index (χ2v) is 5.84. The van der Waals surface area contributed by atoms with Crippen molar-refractivity contribution >= 4 is 18.5 Å². The minimum absolute atomic E-state index is 0.108. The summed E-state index contributed by atoms with van der Waals surface area (Å²) in [6, 6.07) is 0. The molecule has 0 unspecified atom stereocenters. The van der Waals surface area contributed by atoms with Gasteiger partial charge in [0.15, 0.2) is 0 Å². The Morgan fingerprint density at radius 3 is 1.59 bits per heavy atom. The molecule has 0 aromatic carbocycles. The third-order valence-electron chi connectivity index (χ3n) is 4.48. The van der Waals surface area contributed by atoms with Crippen LogP contribution >= 0.6 is 12.6 Å². The van der Waals surface area contributed by atoms with E-state index >= 15 is 0 Å². The van der Waals surface area contributed by atoms with Crippen LogP contribution in [0.3, 0.4) is 0 Å². The minimum atomic E-state index is -0.232. The molecule has 34 heavy (non-hydrogen) atoms. The van der Waals surface area contributed by atoms with Gasteiger partial charge in [-0.1, -0.05) is 125 Å². The molecule has 1 saturated carbocycles. The van der Waals surface area contributed by atoms with Gasteiger partial charge in [0.25, 0.3) is 5.91 Å². The van der Waals surface area contributed by atoms with E-state index < -0.39 is 0 Å². The van der Waals surface area contributed by atoms with Crippen molar-refractivity contribution in [3.63, 3.8) is 0 Å². The first-order chi connectivity index (χ1) is 16.5. The number of amides is 1. The van der Waals surface area contributed by atoms with Gasteiger partial charge < -0.3 is 10.4 Å². The van der Waals surface area contributed by atoms with Crippen molar-refractivity contribution in [2.75, 3.05) is 12.8 Å². The highest BCUT2D eigenvalue weighted by molar-refractivity contribution is 7.79. The smallest absolute Gasteiger partial charge is 0.251 e. The fraction of sp³-hybridized carbons (Fsp3) is 0.633. The van der Waals surface area contributed by atoms with E-state index in [1.165, 1.54) is 11.6 Å². The number of aliphatic hydroxyl groups excluding tert-OH is 1. The zero-order valence-corrected chi connectivity index (χ0v) is 25.8. The van der Waals surface area contributed by atoms with Crippen molar-refractivity contribution in [2.45, 2.75) is 108 Å². The van der Waals surface area contributed by atoms with Crippen molar-refractivity contribution in [3.8, 4) is 0 Å². The zero-order valence-electron chi connectivity index (χ0n) is 24.9. The molecule has 1 rings (SSSR count). The van der Waals surface area contributed by atoms with E-state index in [9.17, 15) is 9.90 Å². The van der Waals surface area contributed by atoms with E-state index in [1.807, 2.05) is 75.3 Å². The van der Waals surface area contributed by atoms with Crippen LogP contribution in [-0.4, -0.2) is 29.9 Å². The summed E-state index contributed by atoms with van der Waals surface area (Å²) in [5.41, 5.74) is 1.60. The van der Waals surface area contributed by atoms with Crippen LogP contribution in [0.25, 0.3) is 0 Å². The molecule has 204 valence electrons. The second-order valence-electron chi connectivity index (χ2n) is 5.84. The van der Waals surface area contributed by atoms with Crippen LogP contribution < -0.4 is 5.32 Å². The maximum Gasteiger partial charge on any atom is 0.251 e. The normalized spacial score (nSPS) is 18.0. The van der Waals surface area contributed by atoms with E-state index in [0.717, 1.165) is 25.7 Å². The van der Waals surface area contributed by atoms with Crippen molar-refractivity contribution in [1.29, 1.82) is 0 Å². The summed E-state index contributed by atoms with van der Waals surface area (Å²) < 4.78 is 0. The molecule has 2 N–H and O–H groups in total. The summed E-state index contributed by atoms with van der Waals surface area (Å²) in [4.78, 5) is 12.2. The van der Waals surface area contributed by atoms with Gasteiger partial charge in [-0.05, 0) is 38.9 Å². The van der Waals surface area contributed by atoms with Gasteiger partial charge in [0.1, 0.15) is 0 Å². The highest BCUT2D eigenvalue weighted by atomic mass is 32.1. The van der Waals surface area contributed by atoms with Gasteiger partial charge in [-0.2, -0.15) is 12.6 Å². The molecule has 0 saturated heterocycles. The largest absolute Gasteiger partial charge is 0.393 e. The second kappa shape index (κ2) is 38.7. The van der Waals surface area contributed by atoms with Crippen molar-refractivity contribution < 1.29 is 9.90 Å². The van der Waals surface area contributed by atoms with Gasteiger partial charge in [-0.3, -0.25) is 4.79 Å². The third kappa shape index (κ3) is 22.3. The summed E-state index contributed by atoms with van der Waals surface area (Å²) >= 11 is 3.53. The Morgan fingerprint density at radius 1 is 0.882 bits per heavy atom. The fourth-order valence-electron chi connectivity index (χ4n) is 2.93. The average Bonchev–Trinajstić information content (AvgIpc) is 2.94. The van der Waals surface area contributed by atoms with E-state index in [1.54, 1.807) is 24.5 Å². The molecule has 0 aromatic heterocycles. The number of carbonyl (C=O) groups excluding carboxylic acids is 1. The van der Waals surface area contributed by atoms with Crippen LogP contribution in [0.5, 0.6) is 0 Å². The van der Waals surface area contributed by atoms with Crippen molar-refractivity contribution in [2.24, 2.45) is 5.41 Å². The number of hydrogen-bond donors (Lipinski definition) is 3. The van der Waals surface area contributed by atoms with Crippen LogP contribution in [0.4, 0.5) is 0 Å². The lowest BCUT2D eigenvalue weighted by atomic mass is 9.68. The zero-order chi connectivity index (χ0) is 28.6. The number of nitrogens with one attached hydrogen (secondary N) is 1. The van der Waals surface area contributed by atoms with Gasteiger partial charge in [0, 0.05) is 17.5 Å². The number of rotatable bonds is 7. The van der Waals surface area contributed by atoms with Gasteiger partial charge in [0.05, 0.1) is 6.10 Å². The molecule has 0 heterocycles. The summed E-state index contributed by atoms with van der Waals surface area (Å²) in [5.74, 6) is -0.146. The molecule has 3 nitrogen and oxygen atoms in total.